The van der Waals surface area contributed by atoms with Crippen molar-refractivity contribution in [3.63, 3.8) is 0 Å². The average Bonchev–Trinajstić information content (AvgIpc) is 2.61. The maximum absolute atomic E-state index is 11.1. The molecule has 16 heavy (non-hydrogen) atoms. The normalized spacial score (nSPS) is 18.9. The highest BCUT2D eigenvalue weighted by Gasteiger charge is 2.26. The first-order valence-electron chi connectivity index (χ1n) is 5.28. The molecule has 0 aliphatic carbocycles. The molecule has 2 heterocycles. The van der Waals surface area contributed by atoms with Crippen LogP contribution in [0.3, 0.4) is 0 Å². The lowest BCUT2D eigenvalue weighted by molar-refractivity contribution is 0.0695. The Kier molecular flexibility index (Phi) is 3.52. The van der Waals surface area contributed by atoms with Gasteiger partial charge in [-0.2, -0.15) is 0 Å². The number of likely N-dealkylation sites (tertiary alicyclic amines) is 1. The second kappa shape index (κ2) is 4.73. The molecule has 0 saturated carbocycles. The minimum Gasteiger partial charge on any atom is -0.478 e. The lowest BCUT2D eigenvalue weighted by Crippen LogP contribution is -2.29. The van der Waals surface area contributed by atoms with Gasteiger partial charge in [0, 0.05) is 0 Å². The molecule has 0 aromatic carbocycles. The van der Waals surface area contributed by atoms with Gasteiger partial charge >= 0.3 is 5.97 Å². The zero-order valence-electron chi connectivity index (χ0n) is 9.07. The minimum absolute atomic E-state index is 0.321. The molecule has 1 fully saturated rings. The van der Waals surface area contributed by atoms with Crippen molar-refractivity contribution >= 4 is 28.9 Å². The van der Waals surface area contributed by atoms with Gasteiger partial charge in [-0.1, -0.05) is 11.6 Å². The Morgan fingerprint density at radius 2 is 2.19 bits per heavy atom. The predicted octanol–water partition coefficient (Wildman–Crippen LogP) is 2.91. The molecule has 1 aliphatic heterocycles. The number of halogens is 1. The van der Waals surface area contributed by atoms with Gasteiger partial charge in [0.1, 0.15) is 4.34 Å². The van der Waals surface area contributed by atoms with Crippen LogP contribution >= 0.6 is 22.9 Å². The number of hydrogen-bond donors (Lipinski definition) is 1. The zero-order chi connectivity index (χ0) is 11.7. The van der Waals surface area contributed by atoms with Gasteiger partial charge in [-0.05, 0) is 49.8 Å². The standard InChI is InChI=1S/C11H14ClNO2S/c1-13-4-2-7(3-5-13)8-6-16-10(12)9(8)11(14)15/h6-7H,2-5H2,1H3,(H,14,15). The fourth-order valence-electron chi connectivity index (χ4n) is 2.17. The first-order chi connectivity index (χ1) is 7.59. The van der Waals surface area contributed by atoms with Gasteiger partial charge in [0.15, 0.2) is 0 Å². The van der Waals surface area contributed by atoms with Gasteiger partial charge < -0.3 is 10.0 Å². The van der Waals surface area contributed by atoms with Crippen LogP contribution in [0.25, 0.3) is 0 Å². The summed E-state index contributed by atoms with van der Waals surface area (Å²) < 4.78 is 0.404. The van der Waals surface area contributed by atoms with E-state index in [1.807, 2.05) is 5.38 Å². The molecule has 0 bridgehead atoms. The molecule has 1 aromatic heterocycles. The van der Waals surface area contributed by atoms with E-state index in [2.05, 4.69) is 11.9 Å². The number of thiophene rings is 1. The van der Waals surface area contributed by atoms with Crippen molar-refractivity contribution < 1.29 is 9.90 Å². The maximum atomic E-state index is 11.1. The van der Waals surface area contributed by atoms with E-state index in [0.717, 1.165) is 31.5 Å². The Hall–Kier alpha value is -0.580. The van der Waals surface area contributed by atoms with Crippen molar-refractivity contribution in [3.05, 3.63) is 20.8 Å². The molecule has 0 spiro atoms. The molecule has 1 aliphatic rings. The van der Waals surface area contributed by atoms with Crippen molar-refractivity contribution in [1.82, 2.24) is 4.90 Å². The molecular formula is C11H14ClNO2S. The Morgan fingerprint density at radius 1 is 1.56 bits per heavy atom. The van der Waals surface area contributed by atoms with Crippen LogP contribution in [0, 0.1) is 0 Å². The number of carbonyl (C=O) groups is 1. The highest BCUT2D eigenvalue weighted by molar-refractivity contribution is 7.15. The maximum Gasteiger partial charge on any atom is 0.338 e. The molecule has 3 nitrogen and oxygen atoms in total. The molecule has 88 valence electrons. The van der Waals surface area contributed by atoms with Crippen LogP contribution in [-0.2, 0) is 0 Å². The highest BCUT2D eigenvalue weighted by atomic mass is 35.5. The molecule has 0 radical (unpaired) electrons. The second-order valence-electron chi connectivity index (χ2n) is 4.22. The number of rotatable bonds is 2. The molecule has 5 heteroatoms. The first-order valence-corrected chi connectivity index (χ1v) is 6.54. The smallest absolute Gasteiger partial charge is 0.338 e. The van der Waals surface area contributed by atoms with Gasteiger partial charge in [0.25, 0.3) is 0 Å². The summed E-state index contributed by atoms with van der Waals surface area (Å²) in [5, 5.41) is 11.0. The molecule has 0 unspecified atom stereocenters. The van der Waals surface area contributed by atoms with E-state index in [-0.39, 0.29) is 0 Å². The topological polar surface area (TPSA) is 40.5 Å². The van der Waals surface area contributed by atoms with E-state index >= 15 is 0 Å². The van der Waals surface area contributed by atoms with Crippen LogP contribution in [0.2, 0.25) is 4.34 Å². The number of carboxylic acid groups (broad SMARTS) is 1. The van der Waals surface area contributed by atoms with Crippen molar-refractivity contribution in [1.29, 1.82) is 0 Å². The van der Waals surface area contributed by atoms with Crippen molar-refractivity contribution in [2.45, 2.75) is 18.8 Å². The lowest BCUT2D eigenvalue weighted by Gasteiger charge is -2.28. The van der Waals surface area contributed by atoms with Gasteiger partial charge in [0.05, 0.1) is 5.56 Å². The molecule has 2 rings (SSSR count). The third-order valence-electron chi connectivity index (χ3n) is 3.15. The largest absolute Gasteiger partial charge is 0.478 e. The second-order valence-corrected chi connectivity index (χ2v) is 5.70. The van der Waals surface area contributed by atoms with Gasteiger partial charge in [-0.15, -0.1) is 11.3 Å². The van der Waals surface area contributed by atoms with E-state index in [0.29, 0.717) is 15.8 Å². The van der Waals surface area contributed by atoms with Crippen molar-refractivity contribution in [3.8, 4) is 0 Å². The summed E-state index contributed by atoms with van der Waals surface area (Å²) in [7, 11) is 2.09. The number of hydrogen-bond acceptors (Lipinski definition) is 3. The Labute approximate surface area is 104 Å². The van der Waals surface area contributed by atoms with Crippen LogP contribution < -0.4 is 0 Å². The average molecular weight is 260 g/mol. The molecular weight excluding hydrogens is 246 g/mol. The van der Waals surface area contributed by atoms with Crippen LogP contribution in [0.4, 0.5) is 0 Å². The van der Waals surface area contributed by atoms with E-state index in [1.165, 1.54) is 11.3 Å². The number of carboxylic acids is 1. The molecule has 1 saturated heterocycles. The van der Waals surface area contributed by atoms with E-state index in [4.69, 9.17) is 16.7 Å². The van der Waals surface area contributed by atoms with E-state index in [9.17, 15) is 4.79 Å². The Balaban J connectivity index is 2.24. The third kappa shape index (κ3) is 2.24. The first kappa shape index (κ1) is 11.9. The summed E-state index contributed by atoms with van der Waals surface area (Å²) in [4.78, 5) is 13.4. The number of piperidine rings is 1. The van der Waals surface area contributed by atoms with Crippen LogP contribution in [0.15, 0.2) is 5.38 Å². The molecule has 0 amide bonds. The lowest BCUT2D eigenvalue weighted by atomic mass is 9.89. The van der Waals surface area contributed by atoms with Gasteiger partial charge in [-0.25, -0.2) is 4.79 Å². The summed E-state index contributed by atoms with van der Waals surface area (Å²) in [6.45, 7) is 2.05. The van der Waals surface area contributed by atoms with Crippen LogP contribution in [-0.4, -0.2) is 36.1 Å². The molecule has 0 atom stereocenters. The zero-order valence-corrected chi connectivity index (χ0v) is 10.6. The van der Waals surface area contributed by atoms with E-state index in [1.54, 1.807) is 0 Å². The molecule has 1 aromatic rings. The van der Waals surface area contributed by atoms with Gasteiger partial charge in [-0.3, -0.25) is 0 Å². The van der Waals surface area contributed by atoms with E-state index < -0.39 is 5.97 Å². The summed E-state index contributed by atoms with van der Waals surface area (Å²) in [6, 6.07) is 0. The summed E-state index contributed by atoms with van der Waals surface area (Å²) in [5.74, 6) is -0.550. The minimum atomic E-state index is -0.903. The molecule has 1 N–H and O–H groups in total. The fraction of sp³-hybridized carbons (Fsp3) is 0.545. The third-order valence-corrected chi connectivity index (χ3v) is 4.39. The number of aromatic carboxylic acids is 1. The monoisotopic (exact) mass is 259 g/mol. The van der Waals surface area contributed by atoms with Crippen molar-refractivity contribution in [2.75, 3.05) is 20.1 Å². The summed E-state index contributed by atoms with van der Waals surface area (Å²) >= 11 is 7.24. The quantitative estimate of drug-likeness (QED) is 0.888. The fourth-order valence-corrected chi connectivity index (χ4v) is 3.36. The Morgan fingerprint density at radius 3 is 2.75 bits per heavy atom. The number of nitrogens with zero attached hydrogens (tertiary/aromatic N) is 1. The van der Waals surface area contributed by atoms with Crippen LogP contribution in [0.1, 0.15) is 34.7 Å². The SMILES string of the molecule is CN1CCC(c2csc(Cl)c2C(=O)O)CC1. The van der Waals surface area contributed by atoms with Crippen molar-refractivity contribution in [2.24, 2.45) is 0 Å². The highest BCUT2D eigenvalue weighted by Crippen LogP contribution is 2.37. The summed E-state index contributed by atoms with van der Waals surface area (Å²) in [5.41, 5.74) is 1.25. The van der Waals surface area contributed by atoms with Crippen LogP contribution in [0.5, 0.6) is 0 Å². The summed E-state index contributed by atoms with van der Waals surface area (Å²) in [6.07, 6.45) is 2.04. The predicted molar refractivity (Wildman–Crippen MR) is 65.8 cm³/mol. The Bertz CT molecular complexity index is 397. The van der Waals surface area contributed by atoms with Gasteiger partial charge in [0.2, 0.25) is 0 Å².